The van der Waals surface area contributed by atoms with Gasteiger partial charge >= 0.3 is 0 Å². The Morgan fingerprint density at radius 3 is 2.62 bits per heavy atom. The van der Waals surface area contributed by atoms with E-state index in [1.54, 1.807) is 18.5 Å². The Morgan fingerprint density at radius 1 is 1.14 bits per heavy atom. The highest BCUT2D eigenvalue weighted by atomic mass is 16.5. The summed E-state index contributed by atoms with van der Waals surface area (Å²) < 4.78 is 5.34. The van der Waals surface area contributed by atoms with Crippen LogP contribution < -0.4 is 10.2 Å². The summed E-state index contributed by atoms with van der Waals surface area (Å²) in [6.45, 7) is 3.13. The van der Waals surface area contributed by atoms with Crippen LogP contribution in [0.2, 0.25) is 0 Å². The molecule has 0 unspecified atom stereocenters. The average Bonchev–Trinajstić information content (AvgIpc) is 2.57. The number of ether oxygens (including phenoxy) is 1. The Morgan fingerprint density at radius 2 is 1.90 bits per heavy atom. The molecule has 1 aliphatic heterocycles. The lowest BCUT2D eigenvalue weighted by atomic mass is 10.2. The van der Waals surface area contributed by atoms with Crippen LogP contribution in [-0.2, 0) is 4.74 Å². The van der Waals surface area contributed by atoms with Crippen molar-refractivity contribution in [1.82, 2.24) is 9.97 Å². The van der Waals surface area contributed by atoms with Gasteiger partial charge in [0.2, 0.25) is 0 Å². The third-order valence-electron chi connectivity index (χ3n) is 3.27. The first-order valence-electron chi connectivity index (χ1n) is 6.77. The smallest absolute Gasteiger partial charge is 0.135 e. The third-order valence-corrected chi connectivity index (χ3v) is 3.27. The van der Waals surface area contributed by atoms with Crippen LogP contribution in [0.4, 0.5) is 17.3 Å². The number of morpholine rings is 1. The molecular formula is C15H15N5O. The van der Waals surface area contributed by atoms with Crippen molar-refractivity contribution in [2.24, 2.45) is 0 Å². The highest BCUT2D eigenvalue weighted by Gasteiger charge is 2.12. The fraction of sp³-hybridized carbons (Fsp3) is 0.267. The normalized spacial score (nSPS) is 14.5. The van der Waals surface area contributed by atoms with Gasteiger partial charge in [0.05, 0.1) is 24.8 Å². The maximum absolute atomic E-state index is 8.79. The Labute approximate surface area is 123 Å². The Balaban J connectivity index is 1.74. The molecule has 106 valence electrons. The van der Waals surface area contributed by atoms with Crippen LogP contribution >= 0.6 is 0 Å². The number of rotatable bonds is 3. The maximum atomic E-state index is 8.79. The van der Waals surface area contributed by atoms with Gasteiger partial charge in [0.15, 0.2) is 0 Å². The fourth-order valence-electron chi connectivity index (χ4n) is 2.16. The van der Waals surface area contributed by atoms with Crippen molar-refractivity contribution >= 4 is 17.3 Å². The highest BCUT2D eigenvalue weighted by Crippen LogP contribution is 2.19. The van der Waals surface area contributed by atoms with E-state index in [0.29, 0.717) is 5.56 Å². The van der Waals surface area contributed by atoms with Gasteiger partial charge in [-0.15, -0.1) is 0 Å². The summed E-state index contributed by atoms with van der Waals surface area (Å²) in [7, 11) is 0. The summed E-state index contributed by atoms with van der Waals surface area (Å²) in [6.07, 6.45) is 1.55. The Hall–Kier alpha value is -2.65. The molecule has 0 saturated carbocycles. The second-order valence-electron chi connectivity index (χ2n) is 4.68. The molecule has 2 heterocycles. The van der Waals surface area contributed by atoms with E-state index < -0.39 is 0 Å². The number of nitriles is 1. The Bertz CT molecular complexity index is 644. The largest absolute Gasteiger partial charge is 0.378 e. The van der Waals surface area contributed by atoms with Crippen LogP contribution in [0, 0.1) is 11.3 Å². The molecule has 0 atom stereocenters. The van der Waals surface area contributed by atoms with E-state index in [4.69, 9.17) is 10.00 Å². The molecule has 1 aromatic heterocycles. The van der Waals surface area contributed by atoms with Gasteiger partial charge in [-0.05, 0) is 24.3 Å². The molecule has 0 amide bonds. The second kappa shape index (κ2) is 6.20. The molecular weight excluding hydrogens is 266 g/mol. The quantitative estimate of drug-likeness (QED) is 0.926. The van der Waals surface area contributed by atoms with E-state index in [0.717, 1.165) is 43.6 Å². The minimum Gasteiger partial charge on any atom is -0.378 e. The predicted octanol–water partition coefficient (Wildman–Crippen LogP) is 1.93. The van der Waals surface area contributed by atoms with Crippen molar-refractivity contribution in [3.63, 3.8) is 0 Å². The molecule has 0 radical (unpaired) electrons. The van der Waals surface area contributed by atoms with Crippen molar-refractivity contribution in [2.75, 3.05) is 36.5 Å². The number of nitrogens with one attached hydrogen (secondary N) is 1. The zero-order valence-corrected chi connectivity index (χ0v) is 11.5. The molecule has 0 aliphatic carbocycles. The van der Waals surface area contributed by atoms with Gasteiger partial charge in [-0.3, -0.25) is 0 Å². The lowest BCUT2D eigenvalue weighted by Gasteiger charge is -2.27. The third kappa shape index (κ3) is 3.27. The molecule has 1 aliphatic rings. The monoisotopic (exact) mass is 281 g/mol. The molecule has 1 N–H and O–H groups in total. The summed E-state index contributed by atoms with van der Waals surface area (Å²) in [6, 6.07) is 11.3. The first-order chi connectivity index (χ1) is 10.3. The van der Waals surface area contributed by atoms with Crippen molar-refractivity contribution < 1.29 is 4.74 Å². The molecule has 21 heavy (non-hydrogen) atoms. The van der Waals surface area contributed by atoms with Crippen molar-refractivity contribution in [3.05, 3.63) is 42.2 Å². The van der Waals surface area contributed by atoms with Crippen molar-refractivity contribution in [1.29, 1.82) is 5.26 Å². The van der Waals surface area contributed by atoms with Gasteiger partial charge in [0.25, 0.3) is 0 Å². The van der Waals surface area contributed by atoms with Gasteiger partial charge < -0.3 is 15.0 Å². The van der Waals surface area contributed by atoms with Crippen LogP contribution in [-0.4, -0.2) is 36.3 Å². The number of benzene rings is 1. The average molecular weight is 281 g/mol. The van der Waals surface area contributed by atoms with Crippen LogP contribution in [0.25, 0.3) is 0 Å². The summed E-state index contributed by atoms with van der Waals surface area (Å²) in [5, 5.41) is 12.0. The van der Waals surface area contributed by atoms with E-state index >= 15 is 0 Å². The molecule has 0 bridgehead atoms. The fourth-order valence-corrected chi connectivity index (χ4v) is 2.16. The van der Waals surface area contributed by atoms with Gasteiger partial charge in [0, 0.05) is 24.8 Å². The molecule has 3 rings (SSSR count). The van der Waals surface area contributed by atoms with Crippen molar-refractivity contribution in [3.8, 4) is 6.07 Å². The highest BCUT2D eigenvalue weighted by molar-refractivity contribution is 5.60. The number of aromatic nitrogens is 2. The summed E-state index contributed by atoms with van der Waals surface area (Å²) in [4.78, 5) is 10.7. The molecule has 1 fully saturated rings. The molecule has 1 aromatic carbocycles. The topological polar surface area (TPSA) is 74.1 Å². The zero-order valence-electron chi connectivity index (χ0n) is 11.5. The standard InChI is InChI=1S/C15H15N5O/c16-10-12-1-3-13(4-2-12)19-14-9-15(18-11-17-14)20-5-7-21-8-6-20/h1-4,9,11H,5-8H2,(H,17,18,19). The zero-order chi connectivity index (χ0) is 14.5. The summed E-state index contributed by atoms with van der Waals surface area (Å²) in [5.41, 5.74) is 1.53. The number of nitrogens with zero attached hydrogens (tertiary/aromatic N) is 4. The first-order valence-corrected chi connectivity index (χ1v) is 6.77. The van der Waals surface area contributed by atoms with E-state index in [1.165, 1.54) is 0 Å². The lowest BCUT2D eigenvalue weighted by Crippen LogP contribution is -2.36. The molecule has 0 spiro atoms. The van der Waals surface area contributed by atoms with Crippen LogP contribution in [0.5, 0.6) is 0 Å². The van der Waals surface area contributed by atoms with E-state index in [1.807, 2.05) is 18.2 Å². The van der Waals surface area contributed by atoms with E-state index in [-0.39, 0.29) is 0 Å². The van der Waals surface area contributed by atoms with E-state index in [2.05, 4.69) is 26.3 Å². The van der Waals surface area contributed by atoms with Gasteiger partial charge in [-0.2, -0.15) is 5.26 Å². The SMILES string of the molecule is N#Cc1ccc(Nc2cc(N3CCOCC3)ncn2)cc1. The number of hydrogen-bond acceptors (Lipinski definition) is 6. The molecule has 6 heteroatoms. The first kappa shape index (κ1) is 13.3. The van der Waals surface area contributed by atoms with Gasteiger partial charge in [0.1, 0.15) is 18.0 Å². The Kier molecular flexibility index (Phi) is 3.94. The number of anilines is 3. The predicted molar refractivity (Wildman–Crippen MR) is 79.5 cm³/mol. The minimum atomic E-state index is 0.636. The molecule has 6 nitrogen and oxygen atoms in total. The second-order valence-corrected chi connectivity index (χ2v) is 4.68. The molecule has 1 saturated heterocycles. The van der Waals surface area contributed by atoms with Crippen LogP contribution in [0.1, 0.15) is 5.56 Å². The van der Waals surface area contributed by atoms with Gasteiger partial charge in [-0.25, -0.2) is 9.97 Å². The molecule has 2 aromatic rings. The summed E-state index contributed by atoms with van der Waals surface area (Å²) in [5.74, 6) is 1.63. The maximum Gasteiger partial charge on any atom is 0.135 e. The van der Waals surface area contributed by atoms with Crippen LogP contribution in [0.15, 0.2) is 36.7 Å². The van der Waals surface area contributed by atoms with Crippen molar-refractivity contribution in [2.45, 2.75) is 0 Å². The van der Waals surface area contributed by atoms with E-state index in [9.17, 15) is 0 Å². The van der Waals surface area contributed by atoms with Gasteiger partial charge in [-0.1, -0.05) is 0 Å². The van der Waals surface area contributed by atoms with Crippen LogP contribution in [0.3, 0.4) is 0 Å². The summed E-state index contributed by atoms with van der Waals surface area (Å²) >= 11 is 0. The lowest BCUT2D eigenvalue weighted by molar-refractivity contribution is 0.122. The minimum absolute atomic E-state index is 0.636. The number of hydrogen-bond donors (Lipinski definition) is 1.